The van der Waals surface area contributed by atoms with Crippen LogP contribution in [-0.4, -0.2) is 23.4 Å². The molecule has 0 aliphatic carbocycles. The monoisotopic (exact) mass is 266 g/mol. The first-order chi connectivity index (χ1) is 8.19. The van der Waals surface area contributed by atoms with Crippen LogP contribution in [0.5, 0.6) is 11.6 Å². The Morgan fingerprint density at radius 1 is 1.53 bits per heavy atom. The molecule has 1 aromatic heterocycles. The zero-order valence-electron chi connectivity index (χ0n) is 9.01. The maximum Gasteiger partial charge on any atom is 0.209 e. The van der Waals surface area contributed by atoms with Crippen LogP contribution in [0.25, 0.3) is 0 Å². The average molecular weight is 266 g/mol. The van der Waals surface area contributed by atoms with Crippen molar-refractivity contribution >= 4 is 35.5 Å². The number of nitrogens with one attached hydrogen (secondary N) is 1. The number of aromatic nitrogens is 1. The second-order valence-corrected chi connectivity index (χ2v) is 4.91. The van der Waals surface area contributed by atoms with Crippen molar-refractivity contribution in [1.29, 1.82) is 0 Å². The van der Waals surface area contributed by atoms with Gasteiger partial charge in [0.05, 0.1) is 19.0 Å². The number of methoxy groups -OCH3 is 1. The normalized spacial score (nSPS) is 10.9. The lowest BCUT2D eigenvalue weighted by atomic mass is 10.3. The number of aromatic amines is 1. The number of thiazole rings is 1. The number of nitrogens with zero attached hydrogens (tertiary/aromatic N) is 1. The van der Waals surface area contributed by atoms with E-state index in [1.165, 1.54) is 11.3 Å². The Labute approximate surface area is 107 Å². The largest absolute Gasteiger partial charge is 0.497 e. The summed E-state index contributed by atoms with van der Waals surface area (Å²) in [6.45, 7) is 0. The molecule has 0 spiro atoms. The molecule has 6 heteroatoms. The molecule has 0 saturated carbocycles. The van der Waals surface area contributed by atoms with Gasteiger partial charge in [-0.25, -0.2) is 0 Å². The van der Waals surface area contributed by atoms with Gasteiger partial charge in [0.1, 0.15) is 10.6 Å². The Morgan fingerprint density at radius 3 is 3.00 bits per heavy atom. The van der Waals surface area contributed by atoms with Gasteiger partial charge >= 0.3 is 0 Å². The lowest BCUT2D eigenvalue weighted by Crippen LogP contribution is -1.81. The molecular weight excluding hydrogens is 256 g/mol. The third-order valence-electron chi connectivity index (χ3n) is 2.04. The molecule has 0 fully saturated rings. The molecule has 0 radical (unpaired) electrons. The molecule has 2 aromatic rings. The fraction of sp³-hybridized carbons (Fsp3) is 0.0909. The van der Waals surface area contributed by atoms with Gasteiger partial charge < -0.3 is 14.8 Å². The molecule has 0 bridgehead atoms. The van der Waals surface area contributed by atoms with Gasteiger partial charge in [-0.1, -0.05) is 17.4 Å². The lowest BCUT2D eigenvalue weighted by molar-refractivity contribution is 0.415. The van der Waals surface area contributed by atoms with Gasteiger partial charge in [-0.2, -0.15) is 0 Å². The maximum atomic E-state index is 9.48. The molecule has 0 amide bonds. The number of aliphatic imine (C=N–C) groups is 1. The van der Waals surface area contributed by atoms with E-state index in [0.29, 0.717) is 8.83 Å². The van der Waals surface area contributed by atoms with Crippen molar-refractivity contribution in [2.75, 3.05) is 7.11 Å². The quantitative estimate of drug-likeness (QED) is 0.662. The molecule has 0 aliphatic rings. The zero-order valence-corrected chi connectivity index (χ0v) is 10.6. The molecule has 2 N–H and O–H groups in total. The average Bonchev–Trinajstić information content (AvgIpc) is 2.65. The number of ether oxygens (including phenoxy) is 1. The summed E-state index contributed by atoms with van der Waals surface area (Å²) in [5, 5.41) is 9.48. The van der Waals surface area contributed by atoms with Gasteiger partial charge in [-0.05, 0) is 24.4 Å². The molecule has 0 unspecified atom stereocenters. The minimum absolute atomic E-state index is 0.0478. The molecule has 2 rings (SSSR count). The molecule has 4 nitrogen and oxygen atoms in total. The molecule has 1 heterocycles. The van der Waals surface area contributed by atoms with Crippen molar-refractivity contribution in [3.63, 3.8) is 0 Å². The van der Waals surface area contributed by atoms with Crippen LogP contribution in [0.15, 0.2) is 29.3 Å². The Morgan fingerprint density at radius 2 is 2.35 bits per heavy atom. The van der Waals surface area contributed by atoms with E-state index in [9.17, 15) is 5.11 Å². The third kappa shape index (κ3) is 2.92. The summed E-state index contributed by atoms with van der Waals surface area (Å²) >= 11 is 6.18. The number of hydrogen-bond acceptors (Lipinski definition) is 5. The van der Waals surface area contributed by atoms with Crippen LogP contribution in [0.2, 0.25) is 0 Å². The van der Waals surface area contributed by atoms with E-state index in [2.05, 4.69) is 9.98 Å². The summed E-state index contributed by atoms with van der Waals surface area (Å²) in [4.78, 5) is 7.49. The first-order valence-corrected chi connectivity index (χ1v) is 6.01. The van der Waals surface area contributed by atoms with Gasteiger partial charge in [0, 0.05) is 6.07 Å². The van der Waals surface area contributed by atoms with Crippen LogP contribution in [0.4, 0.5) is 5.69 Å². The number of H-pyrrole nitrogens is 1. The smallest absolute Gasteiger partial charge is 0.209 e. The molecule has 1 aromatic carbocycles. The number of aromatic hydroxyl groups is 1. The number of rotatable bonds is 3. The van der Waals surface area contributed by atoms with Crippen molar-refractivity contribution in [2.45, 2.75) is 0 Å². The molecule has 17 heavy (non-hydrogen) atoms. The van der Waals surface area contributed by atoms with Gasteiger partial charge in [-0.15, -0.1) is 0 Å². The molecule has 0 aliphatic heterocycles. The van der Waals surface area contributed by atoms with E-state index in [4.69, 9.17) is 17.0 Å². The summed E-state index contributed by atoms with van der Waals surface area (Å²) in [7, 11) is 1.60. The van der Waals surface area contributed by atoms with Crippen LogP contribution in [0, 0.1) is 3.95 Å². The highest BCUT2D eigenvalue weighted by atomic mass is 32.1. The van der Waals surface area contributed by atoms with Crippen molar-refractivity contribution in [1.82, 2.24) is 4.98 Å². The van der Waals surface area contributed by atoms with Gasteiger partial charge in [0.2, 0.25) is 5.88 Å². The van der Waals surface area contributed by atoms with Gasteiger partial charge in [-0.3, -0.25) is 4.99 Å². The predicted octanol–water partition coefficient (Wildman–Crippen LogP) is 3.27. The SMILES string of the molecule is COc1cccc(N=Cc2sc(=S)[nH]c2O)c1. The van der Waals surface area contributed by atoms with Crippen LogP contribution in [-0.2, 0) is 0 Å². The third-order valence-corrected chi connectivity index (χ3v) is 3.20. The van der Waals surface area contributed by atoms with E-state index >= 15 is 0 Å². The van der Waals surface area contributed by atoms with Crippen LogP contribution < -0.4 is 4.74 Å². The van der Waals surface area contributed by atoms with Crippen molar-refractivity contribution < 1.29 is 9.84 Å². The van der Waals surface area contributed by atoms with Gasteiger partial charge in [0.15, 0.2) is 3.95 Å². The van der Waals surface area contributed by atoms with E-state index in [1.54, 1.807) is 19.4 Å². The van der Waals surface area contributed by atoms with E-state index in [-0.39, 0.29) is 5.88 Å². The number of benzene rings is 1. The minimum atomic E-state index is 0.0478. The van der Waals surface area contributed by atoms with Crippen LogP contribution >= 0.6 is 23.6 Å². The Kier molecular flexibility index (Phi) is 3.55. The zero-order chi connectivity index (χ0) is 12.3. The summed E-state index contributed by atoms with van der Waals surface area (Å²) in [5.41, 5.74) is 0.753. The standard InChI is InChI=1S/C11H10N2O2S2/c1-15-8-4-2-3-7(5-8)12-6-9-10(14)13-11(16)17-9/h2-6,14H,1H3,(H,13,16). The molecular formula is C11H10N2O2S2. The van der Waals surface area contributed by atoms with Crippen LogP contribution in [0.1, 0.15) is 4.88 Å². The second-order valence-electron chi connectivity index (χ2n) is 3.19. The minimum Gasteiger partial charge on any atom is -0.497 e. The summed E-state index contributed by atoms with van der Waals surface area (Å²) < 4.78 is 5.61. The Bertz CT molecular complexity index is 602. The van der Waals surface area contributed by atoms with Crippen molar-refractivity contribution in [3.8, 4) is 11.6 Å². The molecule has 88 valence electrons. The first kappa shape index (κ1) is 11.8. The highest BCUT2D eigenvalue weighted by Gasteiger charge is 2.01. The second kappa shape index (κ2) is 5.11. The fourth-order valence-electron chi connectivity index (χ4n) is 1.24. The highest BCUT2D eigenvalue weighted by molar-refractivity contribution is 7.73. The summed E-state index contributed by atoms with van der Waals surface area (Å²) in [6.07, 6.45) is 1.57. The van der Waals surface area contributed by atoms with Crippen molar-refractivity contribution in [2.24, 2.45) is 4.99 Å². The molecule has 0 saturated heterocycles. The predicted molar refractivity (Wildman–Crippen MR) is 71.4 cm³/mol. The molecule has 0 atom stereocenters. The topological polar surface area (TPSA) is 57.6 Å². The Balaban J connectivity index is 2.25. The number of hydrogen-bond donors (Lipinski definition) is 2. The van der Waals surface area contributed by atoms with E-state index in [0.717, 1.165) is 11.4 Å². The van der Waals surface area contributed by atoms with E-state index in [1.807, 2.05) is 18.2 Å². The van der Waals surface area contributed by atoms with Gasteiger partial charge in [0.25, 0.3) is 0 Å². The summed E-state index contributed by atoms with van der Waals surface area (Å²) in [5.74, 6) is 0.789. The Hall–Kier alpha value is -1.66. The van der Waals surface area contributed by atoms with Crippen LogP contribution in [0.3, 0.4) is 0 Å². The lowest BCUT2D eigenvalue weighted by Gasteiger charge is -1.99. The maximum absolute atomic E-state index is 9.48. The van der Waals surface area contributed by atoms with E-state index < -0.39 is 0 Å². The summed E-state index contributed by atoms with van der Waals surface area (Å²) in [6, 6.07) is 7.35. The highest BCUT2D eigenvalue weighted by Crippen LogP contribution is 2.22. The van der Waals surface area contributed by atoms with Crippen molar-refractivity contribution in [3.05, 3.63) is 33.1 Å². The fourth-order valence-corrected chi connectivity index (χ4v) is 2.21. The first-order valence-electron chi connectivity index (χ1n) is 4.79.